The van der Waals surface area contributed by atoms with Crippen LogP contribution in [0.25, 0.3) is 0 Å². The predicted octanol–water partition coefficient (Wildman–Crippen LogP) is 1.20. The van der Waals surface area contributed by atoms with Gasteiger partial charge in [-0.15, -0.1) is 0 Å². The molecule has 0 aromatic heterocycles. The van der Waals surface area contributed by atoms with Crippen molar-refractivity contribution in [2.75, 3.05) is 7.05 Å². The summed E-state index contributed by atoms with van der Waals surface area (Å²) in [7, 11) is 1.52. The highest BCUT2D eigenvalue weighted by atomic mass is 79.9. The lowest BCUT2D eigenvalue weighted by Gasteiger charge is -2.10. The first kappa shape index (κ1) is 12.1. The monoisotopic (exact) mass is 274 g/mol. The molecule has 0 heterocycles. The molecule has 3 nitrogen and oxygen atoms in total. The van der Waals surface area contributed by atoms with Gasteiger partial charge in [0, 0.05) is 11.5 Å². The topological polar surface area (TPSA) is 55.1 Å². The molecule has 0 saturated carbocycles. The minimum absolute atomic E-state index is 0.254. The summed E-state index contributed by atoms with van der Waals surface area (Å²) in [4.78, 5) is 11.1. The van der Waals surface area contributed by atoms with Crippen LogP contribution in [-0.2, 0) is 11.2 Å². The van der Waals surface area contributed by atoms with E-state index in [1.165, 1.54) is 19.2 Å². The van der Waals surface area contributed by atoms with Gasteiger partial charge in [-0.05, 0) is 30.2 Å². The van der Waals surface area contributed by atoms with Gasteiger partial charge in [-0.25, -0.2) is 4.39 Å². The van der Waals surface area contributed by atoms with Crippen molar-refractivity contribution in [1.82, 2.24) is 5.32 Å². The van der Waals surface area contributed by atoms with E-state index in [1.807, 2.05) is 0 Å². The number of benzene rings is 1. The van der Waals surface area contributed by atoms with Crippen LogP contribution in [0.5, 0.6) is 0 Å². The summed E-state index contributed by atoms with van der Waals surface area (Å²) >= 11 is 3.18. The maximum atomic E-state index is 13.0. The molecule has 1 aromatic carbocycles. The largest absolute Gasteiger partial charge is 0.358 e. The zero-order valence-electron chi connectivity index (χ0n) is 8.26. The van der Waals surface area contributed by atoms with Gasteiger partial charge >= 0.3 is 0 Å². The van der Waals surface area contributed by atoms with Crippen LogP contribution in [0.15, 0.2) is 22.7 Å². The van der Waals surface area contributed by atoms with Gasteiger partial charge in [-0.2, -0.15) is 0 Å². The van der Waals surface area contributed by atoms with Crippen molar-refractivity contribution in [3.05, 3.63) is 34.1 Å². The third kappa shape index (κ3) is 3.60. The summed E-state index contributed by atoms with van der Waals surface area (Å²) in [5.41, 5.74) is 6.30. The first-order valence-corrected chi connectivity index (χ1v) is 5.24. The highest BCUT2D eigenvalue weighted by Gasteiger charge is 2.12. The highest BCUT2D eigenvalue weighted by Crippen LogP contribution is 2.15. The third-order valence-electron chi connectivity index (χ3n) is 1.96. The Morgan fingerprint density at radius 2 is 2.27 bits per heavy atom. The van der Waals surface area contributed by atoms with Crippen LogP contribution in [0.1, 0.15) is 5.56 Å². The van der Waals surface area contributed by atoms with Gasteiger partial charge in [-0.1, -0.05) is 15.9 Å². The molecule has 0 spiro atoms. The van der Waals surface area contributed by atoms with E-state index in [-0.39, 0.29) is 11.7 Å². The van der Waals surface area contributed by atoms with Gasteiger partial charge in [0.15, 0.2) is 0 Å². The van der Waals surface area contributed by atoms with E-state index in [1.54, 1.807) is 6.07 Å². The van der Waals surface area contributed by atoms with E-state index >= 15 is 0 Å². The van der Waals surface area contributed by atoms with Gasteiger partial charge < -0.3 is 11.1 Å². The van der Waals surface area contributed by atoms with Gasteiger partial charge in [0.1, 0.15) is 5.82 Å². The quantitative estimate of drug-likeness (QED) is 0.871. The lowest BCUT2D eigenvalue weighted by Crippen LogP contribution is -2.40. The molecule has 0 aliphatic rings. The molecule has 3 N–H and O–H groups in total. The number of carbonyl (C=O) groups excluding carboxylic acids is 1. The lowest BCUT2D eigenvalue weighted by molar-refractivity contribution is -0.121. The molecule has 1 rings (SSSR count). The molecule has 0 fully saturated rings. The Balaban J connectivity index is 2.76. The number of nitrogens with two attached hydrogens (primary N) is 1. The van der Waals surface area contributed by atoms with E-state index in [2.05, 4.69) is 21.2 Å². The van der Waals surface area contributed by atoms with Crippen LogP contribution >= 0.6 is 15.9 Å². The Morgan fingerprint density at radius 1 is 1.60 bits per heavy atom. The van der Waals surface area contributed by atoms with Crippen molar-refractivity contribution in [3.63, 3.8) is 0 Å². The molecule has 0 saturated heterocycles. The number of amides is 1. The normalized spacial score (nSPS) is 12.3. The van der Waals surface area contributed by atoms with Crippen LogP contribution in [0.2, 0.25) is 0 Å². The maximum Gasteiger partial charge on any atom is 0.237 e. The number of rotatable bonds is 3. The summed E-state index contributed by atoms with van der Waals surface area (Å²) in [6, 6.07) is 3.82. The van der Waals surface area contributed by atoms with Crippen molar-refractivity contribution in [2.45, 2.75) is 12.5 Å². The van der Waals surface area contributed by atoms with Crippen molar-refractivity contribution >= 4 is 21.8 Å². The lowest BCUT2D eigenvalue weighted by atomic mass is 10.1. The first-order valence-electron chi connectivity index (χ1n) is 4.45. The Morgan fingerprint density at radius 3 is 2.80 bits per heavy atom. The summed E-state index contributed by atoms with van der Waals surface area (Å²) in [6.45, 7) is 0. The maximum absolute atomic E-state index is 13.0. The van der Waals surface area contributed by atoms with Gasteiger partial charge in [-0.3, -0.25) is 4.79 Å². The van der Waals surface area contributed by atoms with Crippen molar-refractivity contribution in [1.29, 1.82) is 0 Å². The fourth-order valence-electron chi connectivity index (χ4n) is 1.26. The van der Waals surface area contributed by atoms with Crippen LogP contribution in [-0.4, -0.2) is 19.0 Å². The molecule has 0 aliphatic heterocycles. The smallest absolute Gasteiger partial charge is 0.237 e. The molecule has 0 aliphatic carbocycles. The number of likely N-dealkylation sites (N-methyl/N-ethyl adjacent to an activating group) is 1. The molecule has 0 radical (unpaired) electrons. The van der Waals surface area contributed by atoms with E-state index < -0.39 is 6.04 Å². The predicted molar refractivity (Wildman–Crippen MR) is 59.8 cm³/mol. The molecule has 1 amide bonds. The van der Waals surface area contributed by atoms with Crippen LogP contribution in [0.3, 0.4) is 0 Å². The summed E-state index contributed by atoms with van der Waals surface area (Å²) < 4.78 is 13.6. The fraction of sp³-hybridized carbons (Fsp3) is 0.300. The zero-order valence-corrected chi connectivity index (χ0v) is 9.84. The number of nitrogens with one attached hydrogen (secondary N) is 1. The Labute approximate surface area is 96.0 Å². The average Bonchev–Trinajstić information content (AvgIpc) is 2.14. The summed E-state index contributed by atoms with van der Waals surface area (Å²) in [6.07, 6.45) is 0.316. The second kappa shape index (κ2) is 5.23. The van der Waals surface area contributed by atoms with Gasteiger partial charge in [0.25, 0.3) is 0 Å². The standard InChI is InChI=1S/C10H12BrFN2O/c1-14-10(15)9(13)4-6-2-7(11)5-8(12)3-6/h2-3,5,9H,4,13H2,1H3,(H,14,15). The SMILES string of the molecule is CNC(=O)C(N)Cc1cc(F)cc(Br)c1. The molecule has 15 heavy (non-hydrogen) atoms. The molecule has 82 valence electrons. The van der Waals surface area contributed by atoms with E-state index in [0.717, 1.165) is 0 Å². The van der Waals surface area contributed by atoms with E-state index in [4.69, 9.17) is 5.73 Å². The summed E-state index contributed by atoms with van der Waals surface area (Å²) in [5, 5.41) is 2.44. The zero-order chi connectivity index (χ0) is 11.4. The molecule has 5 heteroatoms. The summed E-state index contributed by atoms with van der Waals surface area (Å²) in [5.74, 6) is -0.598. The van der Waals surface area contributed by atoms with E-state index in [0.29, 0.717) is 16.5 Å². The minimum Gasteiger partial charge on any atom is -0.358 e. The second-order valence-electron chi connectivity index (χ2n) is 3.20. The molecule has 1 unspecified atom stereocenters. The Hall–Kier alpha value is -0.940. The van der Waals surface area contributed by atoms with Gasteiger partial charge in [0.05, 0.1) is 6.04 Å². The first-order chi connectivity index (χ1) is 7.02. The number of carbonyl (C=O) groups is 1. The molecule has 1 aromatic rings. The van der Waals surface area contributed by atoms with Crippen LogP contribution < -0.4 is 11.1 Å². The third-order valence-corrected chi connectivity index (χ3v) is 2.42. The number of hydrogen-bond acceptors (Lipinski definition) is 2. The van der Waals surface area contributed by atoms with Crippen LogP contribution in [0, 0.1) is 5.82 Å². The highest BCUT2D eigenvalue weighted by molar-refractivity contribution is 9.10. The van der Waals surface area contributed by atoms with Crippen molar-refractivity contribution in [3.8, 4) is 0 Å². The van der Waals surface area contributed by atoms with Crippen molar-refractivity contribution < 1.29 is 9.18 Å². The average molecular weight is 275 g/mol. The Kier molecular flexibility index (Phi) is 4.23. The minimum atomic E-state index is -0.649. The molecular weight excluding hydrogens is 263 g/mol. The van der Waals surface area contributed by atoms with E-state index in [9.17, 15) is 9.18 Å². The van der Waals surface area contributed by atoms with Crippen LogP contribution in [0.4, 0.5) is 4.39 Å². The fourth-order valence-corrected chi connectivity index (χ4v) is 1.77. The van der Waals surface area contributed by atoms with Crippen molar-refractivity contribution in [2.24, 2.45) is 5.73 Å². The van der Waals surface area contributed by atoms with Gasteiger partial charge in [0.2, 0.25) is 5.91 Å². The Bertz CT molecular complexity index is 350. The molecule has 1 atom stereocenters. The number of hydrogen-bond donors (Lipinski definition) is 2. The molecular formula is C10H12BrFN2O. The number of halogens is 2. The second-order valence-corrected chi connectivity index (χ2v) is 4.12. The molecule has 0 bridgehead atoms.